The van der Waals surface area contributed by atoms with E-state index in [-0.39, 0.29) is 12.8 Å². The number of aryl methyl sites for hydroxylation is 1. The Kier molecular flexibility index (Phi) is 2.74. The van der Waals surface area contributed by atoms with Gasteiger partial charge in [0.1, 0.15) is 5.76 Å². The third kappa shape index (κ3) is 1.96. The SMILES string of the molecule is Cc1cc(C2(CN)CCC(F)(F)CC2)on1. The van der Waals surface area contributed by atoms with E-state index in [0.29, 0.717) is 25.1 Å². The third-order valence-corrected chi connectivity index (χ3v) is 3.48. The number of hydrogen-bond acceptors (Lipinski definition) is 3. The third-order valence-electron chi connectivity index (χ3n) is 3.48. The molecule has 2 N–H and O–H groups in total. The molecule has 0 aromatic carbocycles. The molecule has 1 heterocycles. The van der Waals surface area contributed by atoms with Crippen molar-refractivity contribution in [2.75, 3.05) is 6.54 Å². The fraction of sp³-hybridized carbons (Fsp3) is 0.727. The van der Waals surface area contributed by atoms with Crippen LogP contribution < -0.4 is 5.73 Å². The Morgan fingerprint density at radius 1 is 1.38 bits per heavy atom. The van der Waals surface area contributed by atoms with E-state index < -0.39 is 11.3 Å². The van der Waals surface area contributed by atoms with Gasteiger partial charge in [0.05, 0.1) is 5.69 Å². The van der Waals surface area contributed by atoms with Crippen molar-refractivity contribution in [3.63, 3.8) is 0 Å². The van der Waals surface area contributed by atoms with Crippen molar-refractivity contribution in [1.82, 2.24) is 5.16 Å². The first-order valence-electron chi connectivity index (χ1n) is 5.49. The Hall–Kier alpha value is -0.970. The van der Waals surface area contributed by atoms with Crippen molar-refractivity contribution in [2.24, 2.45) is 5.73 Å². The first-order valence-corrected chi connectivity index (χ1v) is 5.49. The summed E-state index contributed by atoms with van der Waals surface area (Å²) in [5, 5.41) is 3.80. The molecule has 16 heavy (non-hydrogen) atoms. The van der Waals surface area contributed by atoms with Crippen molar-refractivity contribution >= 4 is 0 Å². The summed E-state index contributed by atoms with van der Waals surface area (Å²) in [6.45, 7) is 2.15. The van der Waals surface area contributed by atoms with Gasteiger partial charge in [-0.3, -0.25) is 0 Å². The van der Waals surface area contributed by atoms with Crippen LogP contribution >= 0.6 is 0 Å². The quantitative estimate of drug-likeness (QED) is 0.848. The number of alkyl halides is 2. The van der Waals surface area contributed by atoms with E-state index in [4.69, 9.17) is 10.3 Å². The number of halogens is 2. The fourth-order valence-electron chi connectivity index (χ4n) is 2.26. The van der Waals surface area contributed by atoms with E-state index in [1.807, 2.05) is 6.92 Å². The molecular weight excluding hydrogens is 214 g/mol. The van der Waals surface area contributed by atoms with Crippen LogP contribution in [0.4, 0.5) is 8.78 Å². The van der Waals surface area contributed by atoms with Crippen LogP contribution in [0, 0.1) is 6.92 Å². The van der Waals surface area contributed by atoms with Gasteiger partial charge in [0.2, 0.25) is 5.92 Å². The molecule has 0 radical (unpaired) electrons. The molecular formula is C11H16F2N2O. The van der Waals surface area contributed by atoms with Crippen molar-refractivity contribution in [1.29, 1.82) is 0 Å². The molecule has 0 bridgehead atoms. The molecule has 2 rings (SSSR count). The second-order valence-corrected chi connectivity index (χ2v) is 4.67. The van der Waals surface area contributed by atoms with Crippen LogP contribution in [-0.2, 0) is 5.41 Å². The van der Waals surface area contributed by atoms with Gasteiger partial charge in [-0.25, -0.2) is 8.78 Å². The highest BCUT2D eigenvalue weighted by Gasteiger charge is 2.45. The Labute approximate surface area is 93.0 Å². The molecule has 0 amide bonds. The standard InChI is InChI=1S/C11H16F2N2O/c1-8-6-9(16-15-8)10(7-14)2-4-11(12,13)5-3-10/h6H,2-5,7,14H2,1H3. The molecule has 90 valence electrons. The van der Waals surface area contributed by atoms with Crippen LogP contribution in [0.5, 0.6) is 0 Å². The van der Waals surface area contributed by atoms with Crippen LogP contribution in [0.15, 0.2) is 10.6 Å². The lowest BCUT2D eigenvalue weighted by atomic mass is 9.71. The largest absolute Gasteiger partial charge is 0.361 e. The topological polar surface area (TPSA) is 52.0 Å². The van der Waals surface area contributed by atoms with Gasteiger partial charge < -0.3 is 10.3 Å². The summed E-state index contributed by atoms with van der Waals surface area (Å²) < 4.78 is 31.4. The number of nitrogens with two attached hydrogens (primary N) is 1. The van der Waals surface area contributed by atoms with Crippen LogP contribution in [-0.4, -0.2) is 17.6 Å². The molecule has 0 spiro atoms. The van der Waals surface area contributed by atoms with Crippen LogP contribution in [0.2, 0.25) is 0 Å². The molecule has 5 heteroatoms. The summed E-state index contributed by atoms with van der Waals surface area (Å²) in [4.78, 5) is 0. The van der Waals surface area contributed by atoms with Crippen molar-refractivity contribution in [3.05, 3.63) is 17.5 Å². The molecule has 0 unspecified atom stereocenters. The Morgan fingerprint density at radius 2 is 2.00 bits per heavy atom. The minimum absolute atomic E-state index is 0.121. The van der Waals surface area contributed by atoms with Crippen molar-refractivity contribution in [2.45, 2.75) is 43.9 Å². The molecule has 1 aliphatic rings. The van der Waals surface area contributed by atoms with E-state index in [9.17, 15) is 8.78 Å². The lowest BCUT2D eigenvalue weighted by Crippen LogP contribution is -2.41. The maximum absolute atomic E-state index is 13.1. The highest BCUT2D eigenvalue weighted by Crippen LogP contribution is 2.44. The molecule has 3 nitrogen and oxygen atoms in total. The Balaban J connectivity index is 2.22. The van der Waals surface area contributed by atoms with Crippen LogP contribution in [0.1, 0.15) is 37.1 Å². The predicted octanol–water partition coefficient (Wildman–Crippen LogP) is 2.39. The molecule has 1 aliphatic carbocycles. The summed E-state index contributed by atoms with van der Waals surface area (Å²) in [5.41, 5.74) is 6.06. The lowest BCUT2D eigenvalue weighted by Gasteiger charge is -2.37. The summed E-state index contributed by atoms with van der Waals surface area (Å²) >= 11 is 0. The van der Waals surface area contributed by atoms with E-state index in [1.54, 1.807) is 6.07 Å². The van der Waals surface area contributed by atoms with Gasteiger partial charge in [0, 0.05) is 30.9 Å². The summed E-state index contributed by atoms with van der Waals surface area (Å²) in [6, 6.07) is 1.80. The molecule has 1 aromatic heterocycles. The van der Waals surface area contributed by atoms with Crippen molar-refractivity contribution < 1.29 is 13.3 Å². The number of aromatic nitrogens is 1. The maximum Gasteiger partial charge on any atom is 0.248 e. The minimum Gasteiger partial charge on any atom is -0.361 e. The second kappa shape index (κ2) is 3.80. The highest BCUT2D eigenvalue weighted by atomic mass is 19.3. The number of hydrogen-bond donors (Lipinski definition) is 1. The zero-order valence-corrected chi connectivity index (χ0v) is 9.30. The summed E-state index contributed by atoms with van der Waals surface area (Å²) in [6.07, 6.45) is 0.490. The van der Waals surface area contributed by atoms with Gasteiger partial charge in [-0.15, -0.1) is 0 Å². The van der Waals surface area contributed by atoms with Gasteiger partial charge in [0.15, 0.2) is 0 Å². The lowest BCUT2D eigenvalue weighted by molar-refractivity contribution is -0.0539. The van der Waals surface area contributed by atoms with E-state index in [0.717, 1.165) is 5.69 Å². The second-order valence-electron chi connectivity index (χ2n) is 4.67. The van der Waals surface area contributed by atoms with Gasteiger partial charge in [-0.2, -0.15) is 0 Å². The van der Waals surface area contributed by atoms with Crippen LogP contribution in [0.25, 0.3) is 0 Å². The molecule has 0 saturated heterocycles. The van der Waals surface area contributed by atoms with E-state index in [1.165, 1.54) is 0 Å². The maximum atomic E-state index is 13.1. The molecule has 0 aliphatic heterocycles. The normalized spacial score (nSPS) is 23.2. The Bertz CT molecular complexity index is 366. The van der Waals surface area contributed by atoms with Gasteiger partial charge in [-0.05, 0) is 19.8 Å². The van der Waals surface area contributed by atoms with E-state index in [2.05, 4.69) is 5.16 Å². The summed E-state index contributed by atoms with van der Waals surface area (Å²) in [7, 11) is 0. The monoisotopic (exact) mass is 230 g/mol. The average molecular weight is 230 g/mol. The van der Waals surface area contributed by atoms with E-state index >= 15 is 0 Å². The zero-order valence-electron chi connectivity index (χ0n) is 9.30. The highest BCUT2D eigenvalue weighted by molar-refractivity contribution is 5.18. The fourth-order valence-corrected chi connectivity index (χ4v) is 2.26. The average Bonchev–Trinajstić information content (AvgIpc) is 2.66. The zero-order chi connectivity index (χ0) is 11.8. The van der Waals surface area contributed by atoms with Crippen molar-refractivity contribution in [3.8, 4) is 0 Å². The van der Waals surface area contributed by atoms with Gasteiger partial charge >= 0.3 is 0 Å². The van der Waals surface area contributed by atoms with Crippen LogP contribution in [0.3, 0.4) is 0 Å². The molecule has 0 atom stereocenters. The first kappa shape index (κ1) is 11.5. The molecule has 1 saturated carbocycles. The number of nitrogens with zero attached hydrogens (tertiary/aromatic N) is 1. The summed E-state index contributed by atoms with van der Waals surface area (Å²) in [5.74, 6) is -1.89. The van der Waals surface area contributed by atoms with Gasteiger partial charge in [0.25, 0.3) is 0 Å². The Morgan fingerprint density at radius 3 is 2.44 bits per heavy atom. The van der Waals surface area contributed by atoms with Gasteiger partial charge in [-0.1, -0.05) is 5.16 Å². The number of rotatable bonds is 2. The predicted molar refractivity (Wildman–Crippen MR) is 55.4 cm³/mol. The first-order chi connectivity index (χ1) is 7.47. The molecule has 1 aromatic rings. The minimum atomic E-state index is -2.55. The smallest absolute Gasteiger partial charge is 0.248 e. The molecule has 1 fully saturated rings.